The molecule has 0 heterocycles. The number of amides is 1. The molecule has 3 aromatic carbocycles. The number of nitrogens with one attached hydrogen (secondary N) is 1. The summed E-state index contributed by atoms with van der Waals surface area (Å²) in [7, 11) is 0. The summed E-state index contributed by atoms with van der Waals surface area (Å²) in [5.74, 6) is 0.640. The summed E-state index contributed by atoms with van der Waals surface area (Å²) in [5.41, 5.74) is 0.774. The van der Waals surface area contributed by atoms with Crippen LogP contribution in [0.4, 0.5) is 18.9 Å². The summed E-state index contributed by atoms with van der Waals surface area (Å²) in [4.78, 5) is 12.7. The number of carbonyl (C=O) groups is 1. The SMILES string of the molecule is CCOc1ccc(C(=O)Nc2cc(C(F)(F)F)ccc2Cl)cc1COc1ccccc1C. The molecule has 0 atom stereocenters. The van der Waals surface area contributed by atoms with Gasteiger partial charge in [-0.05, 0) is 61.9 Å². The van der Waals surface area contributed by atoms with E-state index in [2.05, 4.69) is 5.32 Å². The fourth-order valence-electron chi connectivity index (χ4n) is 3.00. The number of carbonyl (C=O) groups excluding carboxylic acids is 1. The minimum atomic E-state index is -4.55. The van der Waals surface area contributed by atoms with Crippen LogP contribution in [0.3, 0.4) is 0 Å². The van der Waals surface area contributed by atoms with Crippen molar-refractivity contribution in [3.8, 4) is 11.5 Å². The van der Waals surface area contributed by atoms with E-state index in [0.29, 0.717) is 23.7 Å². The van der Waals surface area contributed by atoms with Crippen LogP contribution in [0.15, 0.2) is 60.7 Å². The summed E-state index contributed by atoms with van der Waals surface area (Å²) in [6, 6.07) is 15.0. The van der Waals surface area contributed by atoms with E-state index in [4.69, 9.17) is 21.1 Å². The Kier molecular flexibility index (Phi) is 7.30. The highest BCUT2D eigenvalue weighted by molar-refractivity contribution is 6.34. The molecule has 0 bridgehead atoms. The van der Waals surface area contributed by atoms with Crippen molar-refractivity contribution in [3.63, 3.8) is 0 Å². The molecule has 32 heavy (non-hydrogen) atoms. The molecule has 0 saturated carbocycles. The van der Waals surface area contributed by atoms with Crippen LogP contribution in [0, 0.1) is 6.92 Å². The summed E-state index contributed by atoms with van der Waals surface area (Å²) in [5, 5.41) is 2.45. The molecular weight excluding hydrogens is 443 g/mol. The van der Waals surface area contributed by atoms with Gasteiger partial charge in [-0.1, -0.05) is 29.8 Å². The lowest BCUT2D eigenvalue weighted by Gasteiger charge is -2.15. The predicted molar refractivity (Wildman–Crippen MR) is 118 cm³/mol. The molecule has 168 valence electrons. The van der Waals surface area contributed by atoms with Crippen LogP contribution in [0.5, 0.6) is 11.5 Å². The Morgan fingerprint density at radius 2 is 1.75 bits per heavy atom. The van der Waals surface area contributed by atoms with E-state index >= 15 is 0 Å². The lowest BCUT2D eigenvalue weighted by molar-refractivity contribution is -0.137. The van der Waals surface area contributed by atoms with E-state index in [1.54, 1.807) is 12.1 Å². The first-order valence-corrected chi connectivity index (χ1v) is 10.2. The van der Waals surface area contributed by atoms with Gasteiger partial charge in [-0.3, -0.25) is 4.79 Å². The van der Waals surface area contributed by atoms with Crippen molar-refractivity contribution in [1.29, 1.82) is 0 Å². The summed E-state index contributed by atoms with van der Waals surface area (Å²) < 4.78 is 50.5. The van der Waals surface area contributed by atoms with Gasteiger partial charge in [0.15, 0.2) is 0 Å². The molecule has 3 rings (SSSR count). The molecule has 0 fully saturated rings. The number of hydrogen-bond acceptors (Lipinski definition) is 3. The molecule has 0 unspecified atom stereocenters. The van der Waals surface area contributed by atoms with Crippen molar-refractivity contribution in [3.05, 3.63) is 87.9 Å². The van der Waals surface area contributed by atoms with Crippen LogP contribution >= 0.6 is 11.6 Å². The molecule has 8 heteroatoms. The first-order chi connectivity index (χ1) is 15.2. The molecular formula is C24H21ClF3NO3. The van der Waals surface area contributed by atoms with E-state index in [1.807, 2.05) is 38.1 Å². The maximum Gasteiger partial charge on any atom is 0.416 e. The van der Waals surface area contributed by atoms with E-state index in [0.717, 1.165) is 23.8 Å². The Balaban J connectivity index is 1.84. The summed E-state index contributed by atoms with van der Waals surface area (Å²) >= 11 is 5.99. The maximum atomic E-state index is 13.0. The quantitative estimate of drug-likeness (QED) is 0.414. The third-order valence-electron chi connectivity index (χ3n) is 4.64. The minimum absolute atomic E-state index is 0.000367. The molecule has 4 nitrogen and oxygen atoms in total. The molecule has 3 aromatic rings. The van der Waals surface area contributed by atoms with Gasteiger partial charge in [0, 0.05) is 11.1 Å². The molecule has 1 N–H and O–H groups in total. The van der Waals surface area contributed by atoms with Crippen molar-refractivity contribution in [2.24, 2.45) is 0 Å². The van der Waals surface area contributed by atoms with E-state index in [1.165, 1.54) is 6.07 Å². The molecule has 0 radical (unpaired) electrons. The average Bonchev–Trinajstić information content (AvgIpc) is 2.75. The highest BCUT2D eigenvalue weighted by Crippen LogP contribution is 2.34. The van der Waals surface area contributed by atoms with Crippen LogP contribution in [0.25, 0.3) is 0 Å². The topological polar surface area (TPSA) is 47.6 Å². The molecule has 0 aliphatic heterocycles. The van der Waals surface area contributed by atoms with Crippen LogP contribution in [-0.4, -0.2) is 12.5 Å². The zero-order chi connectivity index (χ0) is 23.3. The second kappa shape index (κ2) is 9.96. The lowest BCUT2D eigenvalue weighted by Crippen LogP contribution is -2.14. The number of benzene rings is 3. The van der Waals surface area contributed by atoms with E-state index in [-0.39, 0.29) is 22.9 Å². The van der Waals surface area contributed by atoms with Gasteiger partial charge >= 0.3 is 6.18 Å². The fourth-order valence-corrected chi connectivity index (χ4v) is 3.16. The van der Waals surface area contributed by atoms with Gasteiger partial charge in [0.25, 0.3) is 5.91 Å². The van der Waals surface area contributed by atoms with Gasteiger partial charge in [0.05, 0.1) is 22.9 Å². The van der Waals surface area contributed by atoms with E-state index < -0.39 is 17.6 Å². The highest BCUT2D eigenvalue weighted by Gasteiger charge is 2.31. The van der Waals surface area contributed by atoms with Crippen molar-refractivity contribution >= 4 is 23.2 Å². The van der Waals surface area contributed by atoms with Crippen LogP contribution in [0.2, 0.25) is 5.02 Å². The van der Waals surface area contributed by atoms with Gasteiger partial charge in [0.2, 0.25) is 0 Å². The highest BCUT2D eigenvalue weighted by atomic mass is 35.5. The normalized spacial score (nSPS) is 11.2. The molecule has 0 saturated heterocycles. The number of rotatable bonds is 7. The van der Waals surface area contributed by atoms with Crippen LogP contribution in [-0.2, 0) is 12.8 Å². The standard InChI is InChI=1S/C24H21ClF3NO3/c1-3-31-22-11-8-16(12-17(22)14-32-21-7-5-4-6-15(21)2)23(30)29-20-13-18(24(26,27)28)9-10-19(20)25/h4-13H,3,14H2,1-2H3,(H,29,30). The first kappa shape index (κ1) is 23.5. The minimum Gasteiger partial charge on any atom is -0.493 e. The van der Waals surface area contributed by atoms with E-state index in [9.17, 15) is 18.0 Å². The number of hydrogen-bond donors (Lipinski definition) is 1. The monoisotopic (exact) mass is 463 g/mol. The summed E-state index contributed by atoms with van der Waals surface area (Å²) in [6.07, 6.45) is -4.55. The van der Waals surface area contributed by atoms with Gasteiger partial charge in [-0.2, -0.15) is 13.2 Å². The number of ether oxygens (including phenoxy) is 2. The number of alkyl halides is 3. The van der Waals surface area contributed by atoms with Gasteiger partial charge < -0.3 is 14.8 Å². The Morgan fingerprint density at radius 1 is 1.00 bits per heavy atom. The molecule has 0 aliphatic carbocycles. The van der Waals surface area contributed by atoms with Crippen molar-refractivity contribution in [2.75, 3.05) is 11.9 Å². The first-order valence-electron chi connectivity index (χ1n) is 9.81. The van der Waals surface area contributed by atoms with Crippen molar-refractivity contribution < 1.29 is 27.4 Å². The average molecular weight is 464 g/mol. The fraction of sp³-hybridized carbons (Fsp3) is 0.208. The number of aryl methyl sites for hydroxylation is 1. The largest absolute Gasteiger partial charge is 0.493 e. The third-order valence-corrected chi connectivity index (χ3v) is 4.97. The molecule has 0 aromatic heterocycles. The van der Waals surface area contributed by atoms with Crippen molar-refractivity contribution in [2.45, 2.75) is 26.6 Å². The lowest BCUT2D eigenvalue weighted by atomic mass is 10.1. The smallest absolute Gasteiger partial charge is 0.416 e. The van der Waals surface area contributed by atoms with Crippen LogP contribution in [0.1, 0.15) is 34.0 Å². The molecule has 0 spiro atoms. The Bertz CT molecular complexity index is 1120. The molecule has 0 aliphatic rings. The number of para-hydroxylation sites is 1. The zero-order valence-electron chi connectivity index (χ0n) is 17.4. The number of halogens is 4. The molecule has 1 amide bonds. The second-order valence-corrected chi connectivity index (χ2v) is 7.36. The predicted octanol–water partition coefficient (Wildman–Crippen LogP) is 6.90. The third kappa shape index (κ3) is 5.73. The second-order valence-electron chi connectivity index (χ2n) is 6.96. The van der Waals surface area contributed by atoms with Gasteiger partial charge in [0.1, 0.15) is 18.1 Å². The Morgan fingerprint density at radius 3 is 2.44 bits per heavy atom. The van der Waals surface area contributed by atoms with Crippen LogP contribution < -0.4 is 14.8 Å². The number of anilines is 1. The zero-order valence-corrected chi connectivity index (χ0v) is 18.2. The van der Waals surface area contributed by atoms with Gasteiger partial charge in [-0.15, -0.1) is 0 Å². The Labute approximate surface area is 188 Å². The Hall–Kier alpha value is -3.19. The maximum absolute atomic E-state index is 13.0. The van der Waals surface area contributed by atoms with Crippen molar-refractivity contribution in [1.82, 2.24) is 0 Å². The summed E-state index contributed by atoms with van der Waals surface area (Å²) in [6.45, 7) is 4.32. The van der Waals surface area contributed by atoms with Gasteiger partial charge in [-0.25, -0.2) is 0 Å².